The zero-order valence-electron chi connectivity index (χ0n) is 12.4. The lowest BCUT2D eigenvalue weighted by Crippen LogP contribution is -2.48. The summed E-state index contributed by atoms with van der Waals surface area (Å²) in [6.45, 7) is 9.21. The molecule has 6 nitrogen and oxygen atoms in total. The average molecular weight is 283 g/mol. The van der Waals surface area contributed by atoms with Gasteiger partial charge in [-0.1, -0.05) is 0 Å². The Balaban J connectivity index is 1.82. The van der Waals surface area contributed by atoms with E-state index >= 15 is 0 Å². The largest absolute Gasteiger partial charge is 0.340 e. The molecule has 2 heterocycles. The number of amides is 1. The van der Waals surface area contributed by atoms with Crippen LogP contribution in [0.25, 0.3) is 0 Å². The van der Waals surface area contributed by atoms with Gasteiger partial charge in [-0.15, -0.1) is 0 Å². The molecule has 6 heteroatoms. The molecule has 0 aliphatic carbocycles. The summed E-state index contributed by atoms with van der Waals surface area (Å²) in [5.41, 5.74) is 0. The maximum Gasteiger partial charge on any atom is 0.227 e. The van der Waals surface area contributed by atoms with Gasteiger partial charge in [0.05, 0.1) is 5.92 Å². The van der Waals surface area contributed by atoms with Gasteiger partial charge in [-0.2, -0.15) is 0 Å². The van der Waals surface area contributed by atoms with Crippen molar-refractivity contribution < 1.29 is 4.79 Å². The van der Waals surface area contributed by atoms with Crippen molar-refractivity contribution in [1.29, 1.82) is 0 Å². The third-order valence-electron chi connectivity index (χ3n) is 4.03. The number of carbonyl (C=O) groups excluding carboxylic acids is 1. The Kier molecular flexibility index (Phi) is 7.28. The number of hydrogen-bond donors (Lipinski definition) is 4. The minimum absolute atomic E-state index is 0.179. The molecule has 0 bridgehead atoms. The van der Waals surface area contributed by atoms with E-state index in [1.54, 1.807) is 0 Å². The van der Waals surface area contributed by atoms with Crippen molar-refractivity contribution in [2.45, 2.75) is 12.8 Å². The van der Waals surface area contributed by atoms with Crippen LogP contribution in [0.2, 0.25) is 0 Å². The van der Waals surface area contributed by atoms with Crippen LogP contribution in [0, 0.1) is 5.92 Å². The summed E-state index contributed by atoms with van der Waals surface area (Å²) < 4.78 is 0. The van der Waals surface area contributed by atoms with Crippen LogP contribution >= 0.6 is 0 Å². The molecule has 2 aliphatic heterocycles. The van der Waals surface area contributed by atoms with Gasteiger partial charge in [0.25, 0.3) is 0 Å². The fourth-order valence-electron chi connectivity index (χ4n) is 2.81. The maximum atomic E-state index is 12.6. The van der Waals surface area contributed by atoms with Crippen LogP contribution in [0.5, 0.6) is 0 Å². The predicted molar refractivity (Wildman–Crippen MR) is 80.8 cm³/mol. The van der Waals surface area contributed by atoms with E-state index in [4.69, 9.17) is 0 Å². The number of nitrogens with one attached hydrogen (secondary N) is 4. The minimum Gasteiger partial charge on any atom is -0.340 e. The van der Waals surface area contributed by atoms with E-state index in [9.17, 15) is 4.79 Å². The molecule has 4 N–H and O–H groups in total. The van der Waals surface area contributed by atoms with E-state index in [1.807, 2.05) is 4.90 Å². The molecular weight excluding hydrogens is 254 g/mol. The van der Waals surface area contributed by atoms with Crippen LogP contribution in [0.3, 0.4) is 0 Å². The fraction of sp³-hybridized carbons (Fsp3) is 0.929. The number of piperidine rings is 1. The quantitative estimate of drug-likeness (QED) is 0.476. The molecule has 2 rings (SSSR count). The monoisotopic (exact) mass is 283 g/mol. The van der Waals surface area contributed by atoms with E-state index in [2.05, 4.69) is 21.3 Å². The second kappa shape index (κ2) is 9.28. The Labute approximate surface area is 122 Å². The lowest BCUT2D eigenvalue weighted by atomic mass is 9.98. The van der Waals surface area contributed by atoms with Crippen LogP contribution in [0.4, 0.5) is 0 Å². The van der Waals surface area contributed by atoms with E-state index in [0.717, 1.165) is 78.3 Å². The third-order valence-corrected chi connectivity index (χ3v) is 4.03. The average Bonchev–Trinajstić information content (AvgIpc) is 2.48. The van der Waals surface area contributed by atoms with Gasteiger partial charge in [0, 0.05) is 58.9 Å². The lowest BCUT2D eigenvalue weighted by molar-refractivity contribution is -0.136. The molecule has 0 aromatic rings. The molecule has 2 fully saturated rings. The summed E-state index contributed by atoms with van der Waals surface area (Å²) in [6.07, 6.45) is 2.15. The molecule has 1 amide bonds. The highest BCUT2D eigenvalue weighted by atomic mass is 16.2. The van der Waals surface area contributed by atoms with Gasteiger partial charge in [0.1, 0.15) is 0 Å². The summed E-state index contributed by atoms with van der Waals surface area (Å²) >= 11 is 0. The highest BCUT2D eigenvalue weighted by Gasteiger charge is 2.25. The topological polar surface area (TPSA) is 68.4 Å². The van der Waals surface area contributed by atoms with Gasteiger partial charge < -0.3 is 26.2 Å². The van der Waals surface area contributed by atoms with Crippen molar-refractivity contribution >= 4 is 5.91 Å². The Hall–Kier alpha value is -0.690. The molecule has 1 atom stereocenters. The van der Waals surface area contributed by atoms with Crippen LogP contribution in [-0.4, -0.2) is 76.3 Å². The van der Waals surface area contributed by atoms with E-state index in [1.165, 1.54) is 0 Å². The Morgan fingerprint density at radius 3 is 1.95 bits per heavy atom. The molecule has 0 aromatic carbocycles. The lowest BCUT2D eigenvalue weighted by Gasteiger charge is -2.30. The molecule has 0 aromatic heterocycles. The van der Waals surface area contributed by atoms with Crippen molar-refractivity contribution in [2.75, 3.05) is 65.4 Å². The minimum atomic E-state index is 0.179. The molecule has 0 saturated carbocycles. The van der Waals surface area contributed by atoms with Crippen LogP contribution < -0.4 is 21.3 Å². The van der Waals surface area contributed by atoms with Gasteiger partial charge >= 0.3 is 0 Å². The van der Waals surface area contributed by atoms with Gasteiger partial charge in [0.15, 0.2) is 0 Å². The molecule has 20 heavy (non-hydrogen) atoms. The first-order valence-corrected chi connectivity index (χ1v) is 7.99. The maximum absolute atomic E-state index is 12.6. The predicted octanol–water partition coefficient (Wildman–Crippen LogP) is -1.40. The van der Waals surface area contributed by atoms with Crippen molar-refractivity contribution in [2.24, 2.45) is 5.92 Å². The van der Waals surface area contributed by atoms with Gasteiger partial charge in [0.2, 0.25) is 5.91 Å². The van der Waals surface area contributed by atoms with Crippen LogP contribution in [0.15, 0.2) is 0 Å². The smallest absolute Gasteiger partial charge is 0.227 e. The van der Waals surface area contributed by atoms with Crippen molar-refractivity contribution in [3.8, 4) is 0 Å². The van der Waals surface area contributed by atoms with Gasteiger partial charge in [-0.3, -0.25) is 4.79 Å². The summed E-state index contributed by atoms with van der Waals surface area (Å²) in [4.78, 5) is 14.6. The molecule has 0 radical (unpaired) electrons. The molecule has 0 spiro atoms. The fourth-order valence-corrected chi connectivity index (χ4v) is 2.81. The van der Waals surface area contributed by atoms with Crippen LogP contribution in [-0.2, 0) is 4.79 Å². The summed E-state index contributed by atoms with van der Waals surface area (Å²) in [5.74, 6) is 0.509. The summed E-state index contributed by atoms with van der Waals surface area (Å²) in [5, 5.41) is 13.5. The molecule has 116 valence electrons. The Morgan fingerprint density at radius 2 is 1.40 bits per heavy atom. The second-order valence-electron chi connectivity index (χ2n) is 5.62. The van der Waals surface area contributed by atoms with Gasteiger partial charge in [-0.05, 0) is 19.4 Å². The van der Waals surface area contributed by atoms with Crippen molar-refractivity contribution in [1.82, 2.24) is 26.2 Å². The zero-order chi connectivity index (χ0) is 14.0. The van der Waals surface area contributed by atoms with E-state index in [-0.39, 0.29) is 5.92 Å². The molecule has 0 unspecified atom stereocenters. The molecular formula is C14H29N5O. The van der Waals surface area contributed by atoms with Crippen LogP contribution in [0.1, 0.15) is 12.8 Å². The van der Waals surface area contributed by atoms with Crippen molar-refractivity contribution in [3.63, 3.8) is 0 Å². The molecule has 2 aliphatic rings. The number of rotatable bonds is 1. The standard InChI is InChI=1S/C14H29N5O/c20-14(13-2-1-3-18-12-13)19-10-8-16-6-4-15-5-7-17-9-11-19/h13,15-18H,1-12H2/t13-/m1/s1. The highest BCUT2D eigenvalue weighted by Crippen LogP contribution is 2.13. The second-order valence-corrected chi connectivity index (χ2v) is 5.62. The molecule has 2 saturated heterocycles. The summed E-state index contributed by atoms with van der Waals surface area (Å²) in [7, 11) is 0. The number of hydrogen-bond acceptors (Lipinski definition) is 5. The normalized spacial score (nSPS) is 27.4. The first-order chi connectivity index (χ1) is 9.88. The van der Waals surface area contributed by atoms with E-state index in [0.29, 0.717) is 5.91 Å². The number of carbonyl (C=O) groups is 1. The Morgan fingerprint density at radius 1 is 0.800 bits per heavy atom. The third kappa shape index (κ3) is 5.36. The van der Waals surface area contributed by atoms with E-state index < -0.39 is 0 Å². The SMILES string of the molecule is O=C([C@@H]1CCCNC1)N1CCNCCNCCNCC1. The zero-order valence-corrected chi connectivity index (χ0v) is 12.4. The van der Waals surface area contributed by atoms with Crippen molar-refractivity contribution in [3.05, 3.63) is 0 Å². The first-order valence-electron chi connectivity index (χ1n) is 7.99. The highest BCUT2D eigenvalue weighted by molar-refractivity contribution is 5.79. The number of nitrogens with zero attached hydrogens (tertiary/aromatic N) is 1. The Bertz CT molecular complexity index is 269. The summed E-state index contributed by atoms with van der Waals surface area (Å²) in [6, 6.07) is 0. The van der Waals surface area contributed by atoms with Gasteiger partial charge in [-0.25, -0.2) is 0 Å². The first kappa shape index (κ1) is 15.7.